The average molecular weight is 506 g/mol. The summed E-state index contributed by atoms with van der Waals surface area (Å²) in [7, 11) is 0. The fraction of sp³-hybridized carbons (Fsp3) is 0.222. The Kier molecular flexibility index (Phi) is 5.62. The maximum absolute atomic E-state index is 13.2. The van der Waals surface area contributed by atoms with Gasteiger partial charge in [-0.3, -0.25) is 9.59 Å². The Balaban J connectivity index is 1.76. The molecule has 142 valence electrons. The largest absolute Gasteiger partial charge is 0.418 e. The summed E-state index contributed by atoms with van der Waals surface area (Å²) in [6.07, 6.45) is -4.67. The highest BCUT2D eigenvalue weighted by atomic mass is 79.9. The summed E-state index contributed by atoms with van der Waals surface area (Å²) in [5.41, 5.74) is -0.636. The molecule has 1 aliphatic rings. The zero-order valence-electron chi connectivity index (χ0n) is 13.7. The number of amides is 2. The van der Waals surface area contributed by atoms with Gasteiger partial charge in [0.05, 0.1) is 17.2 Å². The number of halogens is 5. The van der Waals surface area contributed by atoms with E-state index < -0.39 is 23.6 Å². The smallest absolute Gasteiger partial charge is 0.325 e. The standard InChI is InChI=1S/C18H13Br2F3N2O2/c19-11-1-4-13(5-2-11)25-9-10(7-16(25)26)17(27)24-15-6-3-12(20)8-14(15)18(21,22)23/h1-6,8,10H,7,9H2,(H,24,27)/t10-/m1/s1. The molecule has 0 radical (unpaired) electrons. The van der Waals surface area contributed by atoms with Gasteiger partial charge in [0, 0.05) is 27.6 Å². The third-order valence-electron chi connectivity index (χ3n) is 4.18. The van der Waals surface area contributed by atoms with Crippen molar-refractivity contribution in [1.82, 2.24) is 0 Å². The molecule has 1 aliphatic heterocycles. The second-order valence-electron chi connectivity index (χ2n) is 6.06. The topological polar surface area (TPSA) is 49.4 Å². The van der Waals surface area contributed by atoms with Crippen LogP contribution in [0.2, 0.25) is 0 Å². The molecular formula is C18H13Br2F3N2O2. The van der Waals surface area contributed by atoms with Gasteiger partial charge in [-0.05, 0) is 42.5 Å². The van der Waals surface area contributed by atoms with Crippen LogP contribution in [0.1, 0.15) is 12.0 Å². The Hall–Kier alpha value is -1.87. The molecule has 1 atom stereocenters. The van der Waals surface area contributed by atoms with Gasteiger partial charge in [0.1, 0.15) is 0 Å². The van der Waals surface area contributed by atoms with Gasteiger partial charge < -0.3 is 10.2 Å². The Morgan fingerprint density at radius 1 is 1.07 bits per heavy atom. The van der Waals surface area contributed by atoms with E-state index >= 15 is 0 Å². The molecule has 1 fully saturated rings. The lowest BCUT2D eigenvalue weighted by molar-refractivity contribution is -0.137. The van der Waals surface area contributed by atoms with Crippen molar-refractivity contribution < 1.29 is 22.8 Å². The monoisotopic (exact) mass is 504 g/mol. The molecule has 0 saturated carbocycles. The van der Waals surface area contributed by atoms with Crippen LogP contribution in [0.3, 0.4) is 0 Å². The van der Waals surface area contributed by atoms with E-state index in [9.17, 15) is 22.8 Å². The Bertz CT molecular complexity index is 885. The summed E-state index contributed by atoms with van der Waals surface area (Å²) in [6, 6.07) is 10.5. The number of carbonyl (C=O) groups is 2. The molecule has 0 aliphatic carbocycles. The number of carbonyl (C=O) groups excluding carboxylic acids is 2. The number of hydrogen-bond donors (Lipinski definition) is 1. The number of rotatable bonds is 3. The SMILES string of the molecule is O=C(Nc1ccc(Br)cc1C(F)(F)F)[C@@H]1CC(=O)N(c2ccc(Br)cc2)C1. The highest BCUT2D eigenvalue weighted by molar-refractivity contribution is 9.10. The van der Waals surface area contributed by atoms with Crippen LogP contribution in [0, 0.1) is 5.92 Å². The van der Waals surface area contributed by atoms with Crippen molar-refractivity contribution in [2.45, 2.75) is 12.6 Å². The van der Waals surface area contributed by atoms with Crippen LogP contribution in [-0.4, -0.2) is 18.4 Å². The maximum Gasteiger partial charge on any atom is 0.418 e. The first-order valence-electron chi connectivity index (χ1n) is 7.88. The van der Waals surface area contributed by atoms with Gasteiger partial charge in [-0.2, -0.15) is 13.2 Å². The first kappa shape index (κ1) is 19.9. The van der Waals surface area contributed by atoms with E-state index in [4.69, 9.17) is 0 Å². The molecule has 27 heavy (non-hydrogen) atoms. The molecule has 3 rings (SSSR count). The molecule has 1 heterocycles. The van der Waals surface area contributed by atoms with E-state index in [0.29, 0.717) is 5.69 Å². The van der Waals surface area contributed by atoms with Crippen molar-refractivity contribution >= 4 is 55.0 Å². The number of alkyl halides is 3. The molecule has 2 aromatic rings. The van der Waals surface area contributed by atoms with Crippen LogP contribution in [-0.2, 0) is 15.8 Å². The van der Waals surface area contributed by atoms with E-state index in [-0.39, 0.29) is 29.0 Å². The third-order valence-corrected chi connectivity index (χ3v) is 5.20. The zero-order chi connectivity index (χ0) is 19.8. The van der Waals surface area contributed by atoms with Crippen molar-refractivity contribution in [3.8, 4) is 0 Å². The van der Waals surface area contributed by atoms with E-state index in [1.165, 1.54) is 17.0 Å². The molecule has 9 heteroatoms. The second kappa shape index (κ2) is 7.63. The van der Waals surface area contributed by atoms with Crippen LogP contribution >= 0.6 is 31.9 Å². The predicted octanol–water partition coefficient (Wildman–Crippen LogP) is 5.22. The summed E-state index contributed by atoms with van der Waals surface area (Å²) in [5, 5.41) is 2.32. The molecular weight excluding hydrogens is 493 g/mol. The van der Waals surface area contributed by atoms with Crippen molar-refractivity contribution in [3.05, 3.63) is 57.0 Å². The number of nitrogens with one attached hydrogen (secondary N) is 1. The summed E-state index contributed by atoms with van der Waals surface area (Å²) in [5.74, 6) is -1.59. The number of benzene rings is 2. The lowest BCUT2D eigenvalue weighted by Gasteiger charge is -2.18. The van der Waals surface area contributed by atoms with Crippen molar-refractivity contribution in [2.24, 2.45) is 5.92 Å². The van der Waals surface area contributed by atoms with Crippen molar-refractivity contribution in [1.29, 1.82) is 0 Å². The second-order valence-corrected chi connectivity index (χ2v) is 7.89. The van der Waals surface area contributed by atoms with E-state index in [2.05, 4.69) is 37.2 Å². The highest BCUT2D eigenvalue weighted by Crippen LogP contribution is 2.37. The molecule has 0 aromatic heterocycles. The van der Waals surface area contributed by atoms with Gasteiger partial charge in [-0.15, -0.1) is 0 Å². The minimum atomic E-state index is -4.61. The van der Waals surface area contributed by atoms with Crippen LogP contribution in [0.5, 0.6) is 0 Å². The lowest BCUT2D eigenvalue weighted by Crippen LogP contribution is -2.28. The van der Waals surface area contributed by atoms with Crippen molar-refractivity contribution in [2.75, 3.05) is 16.8 Å². The summed E-state index contributed by atoms with van der Waals surface area (Å²) in [4.78, 5) is 26.2. The third kappa shape index (κ3) is 4.52. The minimum absolute atomic E-state index is 0.0558. The quantitative estimate of drug-likeness (QED) is 0.621. The Labute approximate surface area is 170 Å². The minimum Gasteiger partial charge on any atom is -0.325 e. The van der Waals surface area contributed by atoms with Gasteiger partial charge in [0.15, 0.2) is 0 Å². The number of anilines is 2. The van der Waals surface area contributed by atoms with Gasteiger partial charge >= 0.3 is 6.18 Å². The summed E-state index contributed by atoms with van der Waals surface area (Å²) >= 11 is 6.31. The molecule has 0 bridgehead atoms. The fourth-order valence-electron chi connectivity index (χ4n) is 2.85. The maximum atomic E-state index is 13.2. The average Bonchev–Trinajstić information content (AvgIpc) is 2.98. The van der Waals surface area contributed by atoms with Gasteiger partial charge in [-0.1, -0.05) is 31.9 Å². The summed E-state index contributed by atoms with van der Waals surface area (Å²) < 4.78 is 40.7. The first-order valence-corrected chi connectivity index (χ1v) is 9.47. The molecule has 1 N–H and O–H groups in total. The molecule has 4 nitrogen and oxygen atoms in total. The van der Waals surface area contributed by atoms with Crippen LogP contribution in [0.15, 0.2) is 51.4 Å². The molecule has 1 saturated heterocycles. The molecule has 0 spiro atoms. The van der Waals surface area contributed by atoms with Gasteiger partial charge in [0.2, 0.25) is 11.8 Å². The fourth-order valence-corrected chi connectivity index (χ4v) is 3.47. The van der Waals surface area contributed by atoms with Crippen LogP contribution in [0.4, 0.5) is 24.5 Å². The molecule has 2 aromatic carbocycles. The Morgan fingerprint density at radius 3 is 2.33 bits per heavy atom. The Morgan fingerprint density at radius 2 is 1.70 bits per heavy atom. The van der Waals surface area contributed by atoms with Gasteiger partial charge in [0.25, 0.3) is 0 Å². The first-order chi connectivity index (χ1) is 12.6. The van der Waals surface area contributed by atoms with Crippen molar-refractivity contribution in [3.63, 3.8) is 0 Å². The van der Waals surface area contributed by atoms with E-state index in [1.54, 1.807) is 24.3 Å². The van der Waals surface area contributed by atoms with Crippen LogP contribution in [0.25, 0.3) is 0 Å². The van der Waals surface area contributed by atoms with E-state index in [1.807, 2.05) is 0 Å². The number of hydrogen-bond acceptors (Lipinski definition) is 2. The van der Waals surface area contributed by atoms with Crippen LogP contribution < -0.4 is 10.2 Å². The zero-order valence-corrected chi connectivity index (χ0v) is 16.9. The van der Waals surface area contributed by atoms with E-state index in [0.717, 1.165) is 10.5 Å². The normalized spacial score (nSPS) is 17.3. The number of nitrogens with zero attached hydrogens (tertiary/aromatic N) is 1. The molecule has 0 unspecified atom stereocenters. The summed E-state index contributed by atoms with van der Waals surface area (Å²) in [6.45, 7) is 0.115. The molecule has 2 amide bonds. The lowest BCUT2D eigenvalue weighted by atomic mass is 10.1. The highest BCUT2D eigenvalue weighted by Gasteiger charge is 2.37. The predicted molar refractivity (Wildman–Crippen MR) is 102 cm³/mol. The van der Waals surface area contributed by atoms with Gasteiger partial charge in [-0.25, -0.2) is 0 Å².